The standard InChI is InChI=1S/C50H30BrNO2/c51-41-25-13-23-39-47(41)54-48-40(49(39)33-17-3-1-15-31(33)32-16-2-4-18-34(32)49)24-14-28-44(48)52-42-26-9-5-19-35(42)50(36-20-6-10-27-43(36)52)37-21-7-11-29-45(37)53-46-30-12-8-22-38(46)50/h1-30H. The summed E-state index contributed by atoms with van der Waals surface area (Å²) in [5.74, 6) is 3.43. The predicted molar refractivity (Wildman–Crippen MR) is 218 cm³/mol. The molecule has 4 aliphatic rings. The number of hydrogen-bond acceptors (Lipinski definition) is 3. The van der Waals surface area contributed by atoms with Gasteiger partial charge in [-0.3, -0.25) is 0 Å². The molecule has 0 amide bonds. The van der Waals surface area contributed by atoms with Crippen LogP contribution in [-0.4, -0.2) is 0 Å². The van der Waals surface area contributed by atoms with Crippen LogP contribution in [0.2, 0.25) is 0 Å². The van der Waals surface area contributed by atoms with Gasteiger partial charge >= 0.3 is 0 Å². The second kappa shape index (κ2) is 10.8. The quantitative estimate of drug-likeness (QED) is 0.166. The second-order valence-corrected chi connectivity index (χ2v) is 15.3. The highest BCUT2D eigenvalue weighted by atomic mass is 79.9. The predicted octanol–water partition coefficient (Wildman–Crippen LogP) is 13.2. The normalized spacial score (nSPS) is 15.3. The van der Waals surface area contributed by atoms with Crippen molar-refractivity contribution in [3.05, 3.63) is 231 Å². The minimum absolute atomic E-state index is 0.593. The highest BCUT2D eigenvalue weighted by molar-refractivity contribution is 9.10. The molecule has 1 aliphatic carbocycles. The van der Waals surface area contributed by atoms with Crippen molar-refractivity contribution >= 4 is 33.0 Å². The first-order valence-electron chi connectivity index (χ1n) is 18.4. The number of halogens is 1. The maximum absolute atomic E-state index is 7.28. The van der Waals surface area contributed by atoms with E-state index in [4.69, 9.17) is 9.47 Å². The lowest BCUT2D eigenvalue weighted by Crippen LogP contribution is -2.40. The molecule has 254 valence electrons. The first-order chi connectivity index (χ1) is 26.7. The van der Waals surface area contributed by atoms with Crippen LogP contribution < -0.4 is 14.4 Å². The fourth-order valence-electron chi connectivity index (χ4n) is 10.2. The molecule has 0 saturated heterocycles. The van der Waals surface area contributed by atoms with Gasteiger partial charge in [-0.05, 0) is 85.7 Å². The van der Waals surface area contributed by atoms with Crippen molar-refractivity contribution in [1.82, 2.24) is 0 Å². The highest BCUT2D eigenvalue weighted by Gasteiger charge is 2.54. The molecule has 0 aromatic heterocycles. The van der Waals surface area contributed by atoms with Gasteiger partial charge in [0.2, 0.25) is 0 Å². The smallest absolute Gasteiger partial charge is 0.156 e. The molecule has 8 aromatic rings. The SMILES string of the molecule is Brc1cccc2c1Oc1c(N3c4ccccc4C4(c5ccccc5Oc5ccccc54)c4ccccc43)cccc1C21c2ccccc2-c2ccccc21. The molecule has 3 nitrogen and oxygen atoms in total. The van der Waals surface area contributed by atoms with Crippen LogP contribution in [0.3, 0.4) is 0 Å². The third-order valence-corrected chi connectivity index (χ3v) is 12.7. The zero-order valence-electron chi connectivity index (χ0n) is 29.0. The van der Waals surface area contributed by atoms with Gasteiger partial charge in [0.1, 0.15) is 17.2 Å². The van der Waals surface area contributed by atoms with Gasteiger partial charge in [0.25, 0.3) is 0 Å². The Labute approximate surface area is 321 Å². The Balaban J connectivity index is 1.19. The van der Waals surface area contributed by atoms with E-state index >= 15 is 0 Å². The van der Waals surface area contributed by atoms with E-state index in [1.165, 1.54) is 33.4 Å². The molecular formula is C50H30BrNO2. The maximum Gasteiger partial charge on any atom is 0.156 e. The number of hydrogen-bond donors (Lipinski definition) is 0. The molecule has 12 rings (SSSR count). The van der Waals surface area contributed by atoms with Gasteiger partial charge in [-0.2, -0.15) is 0 Å². The van der Waals surface area contributed by atoms with Crippen molar-refractivity contribution in [2.24, 2.45) is 0 Å². The van der Waals surface area contributed by atoms with E-state index in [2.05, 4.69) is 203 Å². The Kier molecular flexibility index (Phi) is 6.05. The molecule has 3 heterocycles. The van der Waals surface area contributed by atoms with Crippen molar-refractivity contribution in [1.29, 1.82) is 0 Å². The van der Waals surface area contributed by atoms with Crippen molar-refractivity contribution in [2.75, 3.05) is 4.90 Å². The lowest BCUT2D eigenvalue weighted by molar-refractivity contribution is 0.431. The Hall–Kier alpha value is -6.36. The number of para-hydroxylation sites is 6. The third-order valence-electron chi connectivity index (χ3n) is 12.1. The van der Waals surface area contributed by atoms with Crippen LogP contribution in [0.5, 0.6) is 23.0 Å². The molecule has 8 aromatic carbocycles. The van der Waals surface area contributed by atoms with Gasteiger partial charge in [-0.1, -0.05) is 146 Å². The summed E-state index contributed by atoms with van der Waals surface area (Å²) in [6, 6.07) is 65.7. The van der Waals surface area contributed by atoms with Crippen molar-refractivity contribution in [2.45, 2.75) is 10.8 Å². The van der Waals surface area contributed by atoms with E-state index in [9.17, 15) is 0 Å². The van der Waals surface area contributed by atoms with E-state index in [0.717, 1.165) is 66.8 Å². The van der Waals surface area contributed by atoms with Crippen LogP contribution in [0.4, 0.5) is 17.1 Å². The molecule has 0 N–H and O–H groups in total. The Morgan fingerprint density at radius 2 is 0.741 bits per heavy atom. The van der Waals surface area contributed by atoms with E-state index in [1.807, 2.05) is 0 Å². The van der Waals surface area contributed by atoms with Gasteiger partial charge in [-0.25, -0.2) is 0 Å². The molecule has 4 heteroatoms. The van der Waals surface area contributed by atoms with E-state index in [0.29, 0.717) is 0 Å². The zero-order valence-corrected chi connectivity index (χ0v) is 30.5. The maximum atomic E-state index is 7.28. The molecule has 0 fully saturated rings. The Bertz CT molecular complexity index is 2750. The molecule has 54 heavy (non-hydrogen) atoms. The molecule has 0 radical (unpaired) electrons. The molecule has 2 spiro atoms. The molecule has 0 atom stereocenters. The summed E-state index contributed by atoms with van der Waals surface area (Å²) in [5, 5.41) is 0. The van der Waals surface area contributed by atoms with Crippen LogP contribution >= 0.6 is 15.9 Å². The van der Waals surface area contributed by atoms with E-state index in [1.54, 1.807) is 0 Å². The molecule has 0 bridgehead atoms. The van der Waals surface area contributed by atoms with Crippen LogP contribution in [0.1, 0.15) is 44.5 Å². The highest BCUT2D eigenvalue weighted by Crippen LogP contribution is 2.67. The van der Waals surface area contributed by atoms with Crippen LogP contribution in [0.25, 0.3) is 11.1 Å². The number of anilines is 3. The molecule has 0 unspecified atom stereocenters. The summed E-state index contributed by atoms with van der Waals surface area (Å²) in [4.78, 5) is 2.43. The van der Waals surface area contributed by atoms with Crippen LogP contribution in [0, 0.1) is 0 Å². The Morgan fingerprint density at radius 1 is 0.333 bits per heavy atom. The summed E-state index contributed by atoms with van der Waals surface area (Å²) in [5.41, 5.74) is 13.9. The number of fused-ring (bicyclic) bond motifs is 17. The number of nitrogens with zero attached hydrogens (tertiary/aromatic N) is 1. The van der Waals surface area contributed by atoms with E-state index in [-0.39, 0.29) is 0 Å². The number of rotatable bonds is 1. The second-order valence-electron chi connectivity index (χ2n) is 14.4. The summed E-state index contributed by atoms with van der Waals surface area (Å²) in [6.07, 6.45) is 0. The Morgan fingerprint density at radius 3 is 1.33 bits per heavy atom. The average Bonchev–Trinajstić information content (AvgIpc) is 3.52. The van der Waals surface area contributed by atoms with Crippen molar-refractivity contribution in [3.8, 4) is 34.1 Å². The monoisotopic (exact) mass is 755 g/mol. The zero-order chi connectivity index (χ0) is 35.6. The average molecular weight is 757 g/mol. The van der Waals surface area contributed by atoms with E-state index < -0.39 is 10.8 Å². The minimum atomic E-state index is -0.620. The molecular weight excluding hydrogens is 726 g/mol. The largest absolute Gasteiger partial charge is 0.457 e. The third kappa shape index (κ3) is 3.57. The lowest BCUT2D eigenvalue weighted by Gasteiger charge is -2.49. The van der Waals surface area contributed by atoms with Crippen LogP contribution in [0.15, 0.2) is 186 Å². The summed E-state index contributed by atoms with van der Waals surface area (Å²) < 4.78 is 14.8. The summed E-state index contributed by atoms with van der Waals surface area (Å²) in [6.45, 7) is 0. The molecule has 0 saturated carbocycles. The van der Waals surface area contributed by atoms with Gasteiger partial charge < -0.3 is 14.4 Å². The number of ether oxygens (including phenoxy) is 2. The fraction of sp³-hybridized carbons (Fsp3) is 0.0400. The lowest BCUT2D eigenvalue weighted by atomic mass is 9.61. The summed E-state index contributed by atoms with van der Waals surface area (Å²) in [7, 11) is 0. The van der Waals surface area contributed by atoms with Gasteiger partial charge in [0, 0.05) is 22.3 Å². The van der Waals surface area contributed by atoms with Gasteiger partial charge in [-0.15, -0.1) is 0 Å². The first-order valence-corrected chi connectivity index (χ1v) is 19.2. The first kappa shape index (κ1) is 30.1. The van der Waals surface area contributed by atoms with Gasteiger partial charge in [0.15, 0.2) is 5.75 Å². The van der Waals surface area contributed by atoms with Crippen LogP contribution in [-0.2, 0) is 10.8 Å². The van der Waals surface area contributed by atoms with Gasteiger partial charge in [0.05, 0.1) is 32.4 Å². The minimum Gasteiger partial charge on any atom is -0.457 e. The van der Waals surface area contributed by atoms with Crippen molar-refractivity contribution < 1.29 is 9.47 Å². The summed E-state index contributed by atoms with van der Waals surface area (Å²) >= 11 is 3.94. The fourth-order valence-corrected chi connectivity index (χ4v) is 10.6. The van der Waals surface area contributed by atoms with Crippen molar-refractivity contribution in [3.63, 3.8) is 0 Å². The number of benzene rings is 8. The molecule has 3 aliphatic heterocycles. The topological polar surface area (TPSA) is 21.7 Å².